The summed E-state index contributed by atoms with van der Waals surface area (Å²) in [5.74, 6) is 1.38. The van der Waals surface area contributed by atoms with Crippen molar-refractivity contribution in [3.05, 3.63) is 23.4 Å². The molecule has 0 radical (unpaired) electrons. The average molecular weight is 276 g/mol. The molecule has 0 saturated carbocycles. The molecule has 0 fully saturated rings. The van der Waals surface area contributed by atoms with Gasteiger partial charge in [-0.3, -0.25) is 4.79 Å². The number of rotatable bonds is 4. The van der Waals surface area contributed by atoms with Gasteiger partial charge in [0.05, 0.1) is 25.5 Å². The number of carbonyl (C=O) groups is 1. The molecule has 1 aromatic rings. The molecule has 1 aromatic carbocycles. The number of ether oxygens (including phenoxy) is 2. The summed E-state index contributed by atoms with van der Waals surface area (Å²) in [6.07, 6.45) is 0.677. The van der Waals surface area contributed by atoms with Gasteiger partial charge in [-0.1, -0.05) is 13.8 Å². The van der Waals surface area contributed by atoms with Crippen LogP contribution in [0.15, 0.2) is 17.8 Å². The lowest BCUT2D eigenvalue weighted by Gasteiger charge is -2.11. The van der Waals surface area contributed by atoms with Gasteiger partial charge in [0.25, 0.3) is 5.91 Å². The first-order valence-corrected chi connectivity index (χ1v) is 6.54. The summed E-state index contributed by atoms with van der Waals surface area (Å²) in [5, 5.41) is 2.82. The van der Waals surface area contributed by atoms with Gasteiger partial charge in [0.1, 0.15) is 0 Å². The zero-order valence-electron chi connectivity index (χ0n) is 12.2. The van der Waals surface area contributed by atoms with E-state index in [1.807, 2.05) is 0 Å². The van der Waals surface area contributed by atoms with E-state index >= 15 is 0 Å². The minimum Gasteiger partial charge on any atom is -0.493 e. The number of hydrogen-bond donors (Lipinski definition) is 2. The van der Waals surface area contributed by atoms with Crippen molar-refractivity contribution >= 4 is 17.2 Å². The van der Waals surface area contributed by atoms with Crippen LogP contribution in [0.2, 0.25) is 0 Å². The highest BCUT2D eigenvalue weighted by atomic mass is 16.5. The highest BCUT2D eigenvalue weighted by Gasteiger charge is 2.28. The van der Waals surface area contributed by atoms with Crippen molar-refractivity contribution in [2.75, 3.05) is 19.5 Å². The molecule has 0 saturated heterocycles. The fraction of sp³-hybridized carbons (Fsp3) is 0.400. The third-order valence-corrected chi connectivity index (χ3v) is 3.22. The summed E-state index contributed by atoms with van der Waals surface area (Å²) in [7, 11) is 3.13. The van der Waals surface area contributed by atoms with Crippen molar-refractivity contribution in [2.45, 2.75) is 20.3 Å². The van der Waals surface area contributed by atoms with E-state index < -0.39 is 0 Å². The van der Waals surface area contributed by atoms with Crippen LogP contribution in [-0.4, -0.2) is 20.1 Å². The minimum atomic E-state index is -0.173. The summed E-state index contributed by atoms with van der Waals surface area (Å²) < 4.78 is 10.5. The van der Waals surface area contributed by atoms with Crippen molar-refractivity contribution in [1.82, 2.24) is 0 Å². The van der Waals surface area contributed by atoms with Crippen LogP contribution >= 0.6 is 0 Å². The smallest absolute Gasteiger partial charge is 0.258 e. The van der Waals surface area contributed by atoms with Gasteiger partial charge in [-0.2, -0.15) is 0 Å². The predicted octanol–water partition coefficient (Wildman–Crippen LogP) is 2.37. The topological polar surface area (TPSA) is 73.6 Å². The Bertz CT molecular complexity index is 577. The Hall–Kier alpha value is -2.17. The molecule has 0 aromatic heterocycles. The minimum absolute atomic E-state index is 0.173. The molecule has 1 aliphatic rings. The average Bonchev–Trinajstić information content (AvgIpc) is 2.70. The lowest BCUT2D eigenvalue weighted by Crippen LogP contribution is -2.11. The van der Waals surface area contributed by atoms with E-state index in [-0.39, 0.29) is 5.91 Å². The Balaban J connectivity index is 2.55. The molecular weight excluding hydrogens is 256 g/mol. The van der Waals surface area contributed by atoms with Crippen LogP contribution < -0.4 is 20.5 Å². The largest absolute Gasteiger partial charge is 0.493 e. The number of nitrogens with two attached hydrogens (primary N) is 1. The molecule has 0 bridgehead atoms. The van der Waals surface area contributed by atoms with Crippen LogP contribution in [-0.2, 0) is 4.79 Å². The molecule has 1 aliphatic heterocycles. The molecule has 0 atom stereocenters. The molecule has 20 heavy (non-hydrogen) atoms. The number of amides is 1. The van der Waals surface area contributed by atoms with Gasteiger partial charge in [-0.15, -0.1) is 0 Å². The van der Waals surface area contributed by atoms with E-state index in [0.717, 1.165) is 5.56 Å². The van der Waals surface area contributed by atoms with Crippen LogP contribution in [0, 0.1) is 5.92 Å². The molecule has 108 valence electrons. The van der Waals surface area contributed by atoms with Crippen molar-refractivity contribution in [3.8, 4) is 11.5 Å². The van der Waals surface area contributed by atoms with Crippen molar-refractivity contribution < 1.29 is 14.3 Å². The third kappa shape index (κ3) is 2.43. The van der Waals surface area contributed by atoms with Gasteiger partial charge < -0.3 is 20.5 Å². The summed E-state index contributed by atoms with van der Waals surface area (Å²) in [6, 6.07) is 3.54. The number of carbonyl (C=O) groups excluding carboxylic acids is 1. The Labute approximate surface area is 118 Å². The van der Waals surface area contributed by atoms with Crippen LogP contribution in [0.1, 0.15) is 25.8 Å². The predicted molar refractivity (Wildman–Crippen MR) is 78.7 cm³/mol. The molecule has 5 nitrogen and oxygen atoms in total. The quantitative estimate of drug-likeness (QED) is 0.828. The number of fused-ring (bicyclic) bond motifs is 1. The number of allylic oxidation sites excluding steroid dienone is 1. The summed E-state index contributed by atoms with van der Waals surface area (Å²) in [4.78, 5) is 12.1. The van der Waals surface area contributed by atoms with Gasteiger partial charge in [0.15, 0.2) is 11.5 Å². The van der Waals surface area contributed by atoms with E-state index in [1.54, 1.807) is 26.4 Å². The van der Waals surface area contributed by atoms with Gasteiger partial charge in [0, 0.05) is 17.3 Å². The maximum Gasteiger partial charge on any atom is 0.258 e. The number of benzene rings is 1. The molecular formula is C15H20N2O3. The normalized spacial score (nSPS) is 15.9. The second-order valence-corrected chi connectivity index (χ2v) is 5.21. The molecule has 0 aliphatic carbocycles. The second kappa shape index (κ2) is 5.45. The maximum atomic E-state index is 12.1. The fourth-order valence-electron chi connectivity index (χ4n) is 2.36. The van der Waals surface area contributed by atoms with E-state index in [1.165, 1.54) is 0 Å². The zero-order valence-corrected chi connectivity index (χ0v) is 12.2. The number of nitrogens with one attached hydrogen (secondary N) is 1. The highest BCUT2D eigenvalue weighted by molar-refractivity contribution is 6.32. The molecule has 0 unspecified atom stereocenters. The Morgan fingerprint density at radius 1 is 1.25 bits per heavy atom. The first-order valence-electron chi connectivity index (χ1n) is 6.54. The van der Waals surface area contributed by atoms with Crippen molar-refractivity contribution in [3.63, 3.8) is 0 Å². The summed E-state index contributed by atoms with van der Waals surface area (Å²) in [5.41, 5.74) is 8.70. The number of methoxy groups -OCH3 is 2. The lowest BCUT2D eigenvalue weighted by atomic mass is 9.99. The van der Waals surface area contributed by atoms with E-state index in [9.17, 15) is 4.79 Å². The zero-order chi connectivity index (χ0) is 14.9. The first kappa shape index (κ1) is 14.2. The van der Waals surface area contributed by atoms with Crippen molar-refractivity contribution in [2.24, 2.45) is 11.7 Å². The van der Waals surface area contributed by atoms with Gasteiger partial charge in [0.2, 0.25) is 0 Å². The molecule has 1 amide bonds. The Kier molecular flexibility index (Phi) is 3.88. The summed E-state index contributed by atoms with van der Waals surface area (Å²) >= 11 is 0. The molecule has 3 N–H and O–H groups in total. The highest BCUT2D eigenvalue weighted by Crippen LogP contribution is 2.41. The molecule has 1 heterocycles. The van der Waals surface area contributed by atoms with E-state index in [0.29, 0.717) is 40.8 Å². The van der Waals surface area contributed by atoms with Crippen LogP contribution in [0.4, 0.5) is 5.69 Å². The van der Waals surface area contributed by atoms with Gasteiger partial charge in [-0.05, 0) is 18.4 Å². The van der Waals surface area contributed by atoms with E-state index in [4.69, 9.17) is 15.2 Å². The molecule has 0 spiro atoms. The number of anilines is 1. The maximum absolute atomic E-state index is 12.1. The van der Waals surface area contributed by atoms with Gasteiger partial charge >= 0.3 is 0 Å². The number of hydrogen-bond acceptors (Lipinski definition) is 4. The third-order valence-electron chi connectivity index (χ3n) is 3.22. The van der Waals surface area contributed by atoms with Crippen LogP contribution in [0.3, 0.4) is 0 Å². The monoisotopic (exact) mass is 276 g/mol. The Morgan fingerprint density at radius 3 is 2.40 bits per heavy atom. The Morgan fingerprint density at radius 2 is 1.85 bits per heavy atom. The standard InChI is InChI=1S/C15H20N2O3/c1-8(2)5-10(16)14-9-6-12(19-3)13(20-4)7-11(9)17-15(14)18/h6-8H,5,16H2,1-4H3,(H,17,18). The van der Waals surface area contributed by atoms with E-state index in [2.05, 4.69) is 19.2 Å². The first-order chi connectivity index (χ1) is 9.47. The van der Waals surface area contributed by atoms with Crippen molar-refractivity contribution in [1.29, 1.82) is 0 Å². The van der Waals surface area contributed by atoms with Crippen LogP contribution in [0.5, 0.6) is 11.5 Å². The van der Waals surface area contributed by atoms with Gasteiger partial charge in [-0.25, -0.2) is 0 Å². The summed E-state index contributed by atoms with van der Waals surface area (Å²) in [6.45, 7) is 4.13. The second-order valence-electron chi connectivity index (χ2n) is 5.21. The lowest BCUT2D eigenvalue weighted by molar-refractivity contribution is -0.110. The fourth-order valence-corrected chi connectivity index (χ4v) is 2.36. The SMILES string of the molecule is COc1cc2c(cc1OC)C(=C(N)CC(C)C)C(=O)N2. The molecule has 5 heteroatoms. The van der Waals surface area contributed by atoms with Crippen LogP contribution in [0.25, 0.3) is 5.57 Å². The molecule has 2 rings (SSSR count).